The Balaban J connectivity index is 0.000000134. The summed E-state index contributed by atoms with van der Waals surface area (Å²) in [6.07, 6.45) is 0. The van der Waals surface area contributed by atoms with E-state index < -0.39 is 0 Å². The van der Waals surface area contributed by atoms with E-state index in [-0.39, 0.29) is 10.8 Å². The molecule has 108 heavy (non-hydrogen) atoms. The Morgan fingerprint density at radius 2 is 0.556 bits per heavy atom. The van der Waals surface area contributed by atoms with Crippen molar-refractivity contribution in [2.45, 2.75) is 38.5 Å². The van der Waals surface area contributed by atoms with Gasteiger partial charge in [0.25, 0.3) is 0 Å². The molecule has 2 heterocycles. The standard InChI is InChI=1S/C55H36O.C51H34S/c1-55(2)48-25-22-36(31-47(48)54-40-14-6-5-12-34(40)21-26-49(54)55)37-23-27-50-45(30-37)46-32-39(24-28-51(46)56-50)53-43-17-9-7-15-41(43)52(42-16-8-10-18-44(42)53)38-20-19-33-11-3-4-13-35(33)29-38;1-51(2)44-28-27-34(30-43(44)49-35-13-4-3-12-32(35)26-29-45(49)51)31-22-24-33(25-23-31)47-37-15-5-7-17-39(37)48(40-18-8-6-16-38(40)47)42-20-11-19-41-36-14-9-10-21-46(36)52-50(41)42/h3-32H,1-2H3;3-30H,1-2H3. The van der Waals surface area contributed by atoms with Crippen molar-refractivity contribution in [3.63, 3.8) is 0 Å². The average Bonchev–Trinajstić information content (AvgIpc) is 1.75. The first-order valence-corrected chi connectivity index (χ1v) is 38.6. The molecule has 0 fully saturated rings. The van der Waals surface area contributed by atoms with Gasteiger partial charge in [0.15, 0.2) is 0 Å². The summed E-state index contributed by atoms with van der Waals surface area (Å²) in [5.74, 6) is 0. The van der Waals surface area contributed by atoms with Gasteiger partial charge in [0.2, 0.25) is 0 Å². The molecule has 23 rings (SSSR count). The van der Waals surface area contributed by atoms with Crippen molar-refractivity contribution >= 4 is 129 Å². The van der Waals surface area contributed by atoms with E-state index in [1.807, 2.05) is 11.3 Å². The Hall–Kier alpha value is -13.0. The van der Waals surface area contributed by atoms with Gasteiger partial charge in [0.05, 0.1) is 0 Å². The smallest absolute Gasteiger partial charge is 0.135 e. The van der Waals surface area contributed by atoms with Gasteiger partial charge in [-0.15, -0.1) is 11.3 Å². The highest BCUT2D eigenvalue weighted by atomic mass is 32.1. The number of hydrogen-bond acceptors (Lipinski definition) is 2. The number of fused-ring (bicyclic) bond motifs is 21. The lowest BCUT2D eigenvalue weighted by Crippen LogP contribution is -2.14. The Morgan fingerprint density at radius 1 is 0.204 bits per heavy atom. The summed E-state index contributed by atoms with van der Waals surface area (Å²) in [6, 6.07) is 131. The molecule has 0 radical (unpaired) electrons. The maximum Gasteiger partial charge on any atom is 0.135 e. The number of hydrogen-bond donors (Lipinski definition) is 0. The quantitative estimate of drug-likeness (QED) is 0.151. The van der Waals surface area contributed by atoms with Gasteiger partial charge in [-0.2, -0.15) is 0 Å². The van der Waals surface area contributed by atoms with Gasteiger partial charge in [-0.05, 0) is 230 Å². The Labute approximate surface area is 630 Å². The van der Waals surface area contributed by atoms with Crippen molar-refractivity contribution in [1.82, 2.24) is 0 Å². The summed E-state index contributed by atoms with van der Waals surface area (Å²) < 4.78 is 9.20. The van der Waals surface area contributed by atoms with E-state index in [9.17, 15) is 0 Å². The van der Waals surface area contributed by atoms with Gasteiger partial charge in [-0.3, -0.25) is 0 Å². The van der Waals surface area contributed by atoms with E-state index in [1.54, 1.807) is 0 Å². The van der Waals surface area contributed by atoms with Crippen molar-refractivity contribution in [3.05, 3.63) is 374 Å². The highest BCUT2D eigenvalue weighted by Crippen LogP contribution is 2.56. The van der Waals surface area contributed by atoms with Gasteiger partial charge in [-0.25, -0.2) is 0 Å². The highest BCUT2D eigenvalue weighted by Gasteiger charge is 2.38. The zero-order valence-corrected chi connectivity index (χ0v) is 61.1. The zero-order chi connectivity index (χ0) is 71.7. The maximum absolute atomic E-state index is 6.52. The summed E-state index contributed by atoms with van der Waals surface area (Å²) in [5.41, 5.74) is 27.8. The third-order valence-electron chi connectivity index (χ3n) is 24.3. The van der Waals surface area contributed by atoms with Gasteiger partial charge < -0.3 is 4.42 Å². The predicted molar refractivity (Wildman–Crippen MR) is 463 cm³/mol. The molecule has 0 bridgehead atoms. The van der Waals surface area contributed by atoms with Crippen LogP contribution in [0.1, 0.15) is 49.9 Å². The fourth-order valence-corrected chi connectivity index (χ4v) is 20.3. The van der Waals surface area contributed by atoms with Crippen molar-refractivity contribution in [1.29, 1.82) is 0 Å². The summed E-state index contributed by atoms with van der Waals surface area (Å²) >= 11 is 1.90. The van der Waals surface area contributed by atoms with E-state index >= 15 is 0 Å². The van der Waals surface area contributed by atoms with Crippen LogP contribution < -0.4 is 0 Å². The molecule has 2 aliphatic rings. The highest BCUT2D eigenvalue weighted by molar-refractivity contribution is 7.26. The summed E-state index contributed by atoms with van der Waals surface area (Å²) in [7, 11) is 0. The fourth-order valence-electron chi connectivity index (χ4n) is 19.1. The minimum Gasteiger partial charge on any atom is -0.456 e. The van der Waals surface area contributed by atoms with Crippen LogP contribution in [0.5, 0.6) is 0 Å². The van der Waals surface area contributed by atoms with E-state index in [2.05, 4.69) is 380 Å². The minimum absolute atomic E-state index is 0.0339. The van der Waals surface area contributed by atoms with Crippen LogP contribution in [0, 0.1) is 0 Å². The molecule has 0 atom stereocenters. The molecule has 506 valence electrons. The van der Waals surface area contributed by atoms with Crippen molar-refractivity contribution in [3.8, 4) is 89.0 Å². The molecule has 0 N–H and O–H groups in total. The molecule has 0 aliphatic heterocycles. The Kier molecular flexibility index (Phi) is 13.7. The molecule has 0 unspecified atom stereocenters. The van der Waals surface area contributed by atoms with E-state index in [0.29, 0.717) is 0 Å². The monoisotopic (exact) mass is 1390 g/mol. The number of furan rings is 1. The second kappa shape index (κ2) is 23.8. The summed E-state index contributed by atoms with van der Waals surface area (Å²) in [4.78, 5) is 0. The van der Waals surface area contributed by atoms with Crippen molar-refractivity contribution in [2.24, 2.45) is 0 Å². The molecule has 2 aliphatic carbocycles. The van der Waals surface area contributed by atoms with Crippen molar-refractivity contribution in [2.75, 3.05) is 0 Å². The van der Waals surface area contributed by atoms with E-state index in [0.717, 1.165) is 21.9 Å². The average molecular weight is 1390 g/mol. The van der Waals surface area contributed by atoms with Crippen LogP contribution in [0.25, 0.3) is 207 Å². The van der Waals surface area contributed by atoms with E-state index in [1.165, 1.54) is 207 Å². The van der Waals surface area contributed by atoms with Gasteiger partial charge >= 0.3 is 0 Å². The van der Waals surface area contributed by atoms with Crippen LogP contribution in [0.4, 0.5) is 0 Å². The minimum atomic E-state index is -0.0592. The molecule has 0 amide bonds. The number of benzene rings is 19. The number of rotatable bonds is 6. The van der Waals surface area contributed by atoms with Gasteiger partial charge in [-0.1, -0.05) is 331 Å². The summed E-state index contributed by atoms with van der Waals surface area (Å²) in [5, 5.41) is 22.8. The molecule has 1 nitrogen and oxygen atoms in total. The molecular formula is C106H70OS. The van der Waals surface area contributed by atoms with Crippen LogP contribution in [0.15, 0.2) is 356 Å². The van der Waals surface area contributed by atoms with Crippen molar-refractivity contribution < 1.29 is 4.42 Å². The van der Waals surface area contributed by atoms with Crippen LogP contribution in [-0.2, 0) is 10.8 Å². The molecule has 2 heteroatoms. The third-order valence-corrected chi connectivity index (χ3v) is 25.5. The van der Waals surface area contributed by atoms with Crippen LogP contribution >= 0.6 is 11.3 Å². The molecule has 0 saturated heterocycles. The number of thiophene rings is 1. The lowest BCUT2D eigenvalue weighted by Gasteiger charge is -2.21. The normalized spacial score (nSPS) is 13.3. The second-order valence-corrected chi connectivity index (χ2v) is 31.9. The first-order chi connectivity index (χ1) is 53.1. The van der Waals surface area contributed by atoms with Gasteiger partial charge in [0, 0.05) is 47.3 Å². The Morgan fingerprint density at radius 3 is 1.09 bits per heavy atom. The van der Waals surface area contributed by atoms with Gasteiger partial charge in [0.1, 0.15) is 11.2 Å². The first-order valence-electron chi connectivity index (χ1n) is 37.8. The lowest BCUT2D eigenvalue weighted by atomic mass is 9.82. The van der Waals surface area contributed by atoms with Crippen LogP contribution in [-0.4, -0.2) is 0 Å². The third kappa shape index (κ3) is 9.36. The van der Waals surface area contributed by atoms with Crippen LogP contribution in [0.2, 0.25) is 0 Å². The maximum atomic E-state index is 6.52. The second-order valence-electron chi connectivity index (χ2n) is 30.8. The van der Waals surface area contributed by atoms with Crippen LogP contribution in [0.3, 0.4) is 0 Å². The topological polar surface area (TPSA) is 13.1 Å². The lowest BCUT2D eigenvalue weighted by molar-refractivity contribution is 0.661. The first kappa shape index (κ1) is 62.4. The molecule has 19 aromatic carbocycles. The molecule has 2 aromatic heterocycles. The predicted octanol–water partition coefficient (Wildman–Crippen LogP) is 30.3. The SMILES string of the molecule is CC1(C)c2ccc(-c3ccc(-c4c5ccccc5c(-c5cccc6c5sc5ccccc56)c5ccccc45)cc3)cc2-c2c1ccc1ccccc21.CC1(C)c2ccc(-c3ccc4oc5ccc(-c6c7ccccc7c(-c7ccc8ccccc8c7)c7ccccc67)cc5c4c3)cc2-c2c1ccc1ccccc21. The largest absolute Gasteiger partial charge is 0.456 e. The molecular weight excluding hydrogens is 1320 g/mol. The molecule has 21 aromatic rings. The zero-order valence-electron chi connectivity index (χ0n) is 60.3. The fraction of sp³-hybridized carbons (Fsp3) is 0.0566. The Bertz CT molecular complexity index is 7300. The van der Waals surface area contributed by atoms with E-state index in [4.69, 9.17) is 4.42 Å². The molecule has 0 saturated carbocycles. The summed E-state index contributed by atoms with van der Waals surface area (Å²) in [6.45, 7) is 9.45. The molecule has 0 spiro atoms.